The summed E-state index contributed by atoms with van der Waals surface area (Å²) < 4.78 is 11.7. The molecule has 0 spiro atoms. The number of ether oxygens (including phenoxy) is 2. The number of benzene rings is 2. The first-order valence-corrected chi connectivity index (χ1v) is 13.3. The van der Waals surface area contributed by atoms with Crippen molar-refractivity contribution >= 4 is 18.1 Å². The normalized spacial score (nSPS) is 21.2. The largest absolute Gasteiger partial charge is 0.493 e. The molecule has 1 aliphatic heterocycles. The predicted molar refractivity (Wildman–Crippen MR) is 145 cm³/mol. The molecule has 0 bridgehead atoms. The van der Waals surface area contributed by atoms with Gasteiger partial charge in [-0.1, -0.05) is 43.2 Å². The van der Waals surface area contributed by atoms with Crippen LogP contribution in [-0.4, -0.2) is 71.7 Å². The summed E-state index contributed by atoms with van der Waals surface area (Å²) in [5, 5.41) is 23.7. The number of aliphatic hydroxyl groups is 2. The highest BCUT2D eigenvalue weighted by atomic mass is 16.5. The van der Waals surface area contributed by atoms with Crippen LogP contribution in [0.15, 0.2) is 48.0 Å². The lowest BCUT2D eigenvalue weighted by molar-refractivity contribution is -0.138. The number of hydrogen-bond donors (Lipinski definition) is 3. The fourth-order valence-electron chi connectivity index (χ4n) is 5.28. The van der Waals surface area contributed by atoms with Gasteiger partial charge in [-0.2, -0.15) is 0 Å². The van der Waals surface area contributed by atoms with Crippen LogP contribution in [0.4, 0.5) is 0 Å². The number of aryl methyl sites for hydroxylation is 1. The summed E-state index contributed by atoms with van der Waals surface area (Å²) in [6.45, 7) is 4.03. The third kappa shape index (κ3) is 5.84. The Morgan fingerprint density at radius 2 is 1.95 bits per heavy atom. The lowest BCUT2D eigenvalue weighted by Crippen LogP contribution is -2.55. The van der Waals surface area contributed by atoms with E-state index in [0.717, 1.165) is 17.5 Å². The lowest BCUT2D eigenvalue weighted by atomic mass is 9.77. The summed E-state index contributed by atoms with van der Waals surface area (Å²) in [4.78, 5) is 40.2. The van der Waals surface area contributed by atoms with E-state index in [1.165, 1.54) is 7.11 Å². The molecular formula is C30H36N2O7. The smallest absolute Gasteiger partial charge is 0.247 e. The highest BCUT2D eigenvalue weighted by Gasteiger charge is 2.51. The van der Waals surface area contributed by atoms with Crippen LogP contribution in [0.25, 0.3) is 0 Å². The van der Waals surface area contributed by atoms with Crippen LogP contribution in [0.2, 0.25) is 0 Å². The maximum absolute atomic E-state index is 13.5. The Bertz CT molecular complexity index is 1240. The highest BCUT2D eigenvalue weighted by molar-refractivity contribution is 5.96. The number of hydrogen-bond acceptors (Lipinski definition) is 7. The van der Waals surface area contributed by atoms with Gasteiger partial charge in [0.2, 0.25) is 11.8 Å². The third-order valence-electron chi connectivity index (χ3n) is 7.31. The van der Waals surface area contributed by atoms with Crippen LogP contribution >= 0.6 is 0 Å². The number of aliphatic hydroxyl groups excluding tert-OH is 2. The first-order chi connectivity index (χ1) is 18.8. The second-order valence-corrected chi connectivity index (χ2v) is 10.0. The van der Waals surface area contributed by atoms with Crippen LogP contribution in [0.3, 0.4) is 0 Å². The van der Waals surface area contributed by atoms with Gasteiger partial charge in [0.15, 0.2) is 11.5 Å². The van der Waals surface area contributed by atoms with Gasteiger partial charge in [0.25, 0.3) is 0 Å². The zero-order valence-electron chi connectivity index (χ0n) is 22.6. The monoisotopic (exact) mass is 536 g/mol. The molecule has 0 saturated carbocycles. The van der Waals surface area contributed by atoms with Crippen molar-refractivity contribution in [3.05, 3.63) is 70.3 Å². The summed E-state index contributed by atoms with van der Waals surface area (Å²) in [5.74, 6) is -0.619. The molecule has 0 radical (unpaired) electrons. The fraction of sp³-hybridized carbons (Fsp3) is 0.433. The number of unbranched alkanes of at least 4 members (excludes halogenated alkanes) is 1. The van der Waals surface area contributed by atoms with Crippen molar-refractivity contribution in [2.24, 2.45) is 0 Å². The van der Waals surface area contributed by atoms with Gasteiger partial charge in [0, 0.05) is 36.2 Å². The average molecular weight is 537 g/mol. The van der Waals surface area contributed by atoms with Gasteiger partial charge in [-0.15, -0.1) is 0 Å². The van der Waals surface area contributed by atoms with Gasteiger partial charge >= 0.3 is 0 Å². The molecule has 9 heteroatoms. The zero-order valence-corrected chi connectivity index (χ0v) is 22.6. The zero-order chi connectivity index (χ0) is 28.1. The predicted octanol–water partition coefficient (Wildman–Crippen LogP) is 2.66. The van der Waals surface area contributed by atoms with Gasteiger partial charge < -0.3 is 29.9 Å². The first-order valence-electron chi connectivity index (χ1n) is 13.3. The van der Waals surface area contributed by atoms with Gasteiger partial charge in [0.1, 0.15) is 18.5 Å². The lowest BCUT2D eigenvalue weighted by Gasteiger charge is -2.41. The Labute approximate surface area is 228 Å². The van der Waals surface area contributed by atoms with Crippen LogP contribution in [0, 0.1) is 6.92 Å². The Morgan fingerprint density at radius 1 is 1.21 bits per heavy atom. The summed E-state index contributed by atoms with van der Waals surface area (Å²) in [5.41, 5.74) is 3.17. The Balaban J connectivity index is 1.80. The maximum atomic E-state index is 13.5. The minimum Gasteiger partial charge on any atom is -0.493 e. The number of carbonyl (C=O) groups is 3. The molecule has 1 heterocycles. The highest BCUT2D eigenvalue weighted by Crippen LogP contribution is 2.51. The number of carbonyl (C=O) groups excluding carboxylic acids is 3. The second kappa shape index (κ2) is 12.4. The summed E-state index contributed by atoms with van der Waals surface area (Å²) in [6.07, 6.45) is 2.08. The number of nitrogens with zero attached hydrogens (tertiary/aromatic N) is 1. The average Bonchev–Trinajstić information content (AvgIpc) is 3.34. The number of amides is 2. The first kappa shape index (κ1) is 28.3. The standard InChI is InChI=1S/C30H36N2O7/c1-4-5-6-25(35)32(16-19-9-7-18(2)8-10-19)23-15-22(30(37)31-11-12-33)26-21-13-20(17-34)14-24(38-3)28(21)39-29(26)27(23)36/h7-10,13-15,17,23,26-27,29,33,36H,4-6,11-12,16H2,1-3H3,(H,31,37)/t23-,26+,27+,29+/m1/s1. The molecule has 4 rings (SSSR count). The van der Waals surface area contributed by atoms with Crippen molar-refractivity contribution in [3.8, 4) is 11.5 Å². The molecule has 0 aromatic heterocycles. The number of aldehydes is 1. The maximum Gasteiger partial charge on any atom is 0.247 e. The topological polar surface area (TPSA) is 125 Å². The van der Waals surface area contributed by atoms with Crippen molar-refractivity contribution in [1.82, 2.24) is 10.2 Å². The Kier molecular flexibility index (Phi) is 9.04. The molecule has 3 N–H and O–H groups in total. The van der Waals surface area contributed by atoms with E-state index < -0.39 is 30.1 Å². The molecule has 208 valence electrons. The molecule has 0 saturated heterocycles. The number of methoxy groups -OCH3 is 1. The van der Waals surface area contributed by atoms with E-state index in [2.05, 4.69) is 5.32 Å². The molecular weight excluding hydrogens is 500 g/mol. The van der Waals surface area contributed by atoms with Gasteiger partial charge in [0.05, 0.1) is 25.7 Å². The molecule has 0 unspecified atom stereocenters. The van der Waals surface area contributed by atoms with E-state index in [9.17, 15) is 24.6 Å². The van der Waals surface area contributed by atoms with Crippen molar-refractivity contribution in [3.63, 3.8) is 0 Å². The third-order valence-corrected chi connectivity index (χ3v) is 7.31. The molecule has 1 aliphatic carbocycles. The van der Waals surface area contributed by atoms with Crippen molar-refractivity contribution in [2.45, 2.75) is 63.8 Å². The Morgan fingerprint density at radius 3 is 2.59 bits per heavy atom. The van der Waals surface area contributed by atoms with Crippen molar-refractivity contribution in [1.29, 1.82) is 0 Å². The minimum atomic E-state index is -1.17. The number of fused-ring (bicyclic) bond motifs is 3. The number of nitrogens with one attached hydrogen (secondary N) is 1. The van der Waals surface area contributed by atoms with Crippen LogP contribution in [0.1, 0.15) is 59.2 Å². The molecule has 4 atom stereocenters. The quantitative estimate of drug-likeness (QED) is 0.377. The summed E-state index contributed by atoms with van der Waals surface area (Å²) in [7, 11) is 1.45. The van der Waals surface area contributed by atoms with E-state index in [0.29, 0.717) is 47.3 Å². The fourth-order valence-corrected chi connectivity index (χ4v) is 5.28. The van der Waals surface area contributed by atoms with Crippen LogP contribution in [-0.2, 0) is 16.1 Å². The second-order valence-electron chi connectivity index (χ2n) is 10.0. The SMILES string of the molecule is CCCCC(=O)N(Cc1ccc(C)cc1)[C@@H]1C=C(C(=O)NCCO)[C@@H]2c3cc(C=O)cc(OC)c3O[C@@H]2[C@H]1O. The van der Waals surface area contributed by atoms with Crippen molar-refractivity contribution in [2.75, 3.05) is 20.3 Å². The number of rotatable bonds is 11. The van der Waals surface area contributed by atoms with E-state index in [1.54, 1.807) is 23.1 Å². The Hall–Kier alpha value is -3.69. The molecule has 2 aromatic rings. The minimum absolute atomic E-state index is 0.0364. The van der Waals surface area contributed by atoms with E-state index in [1.807, 2.05) is 38.1 Å². The molecule has 9 nitrogen and oxygen atoms in total. The van der Waals surface area contributed by atoms with Gasteiger partial charge in [-0.25, -0.2) is 0 Å². The van der Waals surface area contributed by atoms with E-state index in [4.69, 9.17) is 9.47 Å². The van der Waals surface area contributed by atoms with Gasteiger partial charge in [-0.05, 0) is 37.1 Å². The van der Waals surface area contributed by atoms with E-state index >= 15 is 0 Å². The molecule has 39 heavy (non-hydrogen) atoms. The van der Waals surface area contributed by atoms with E-state index in [-0.39, 0.29) is 25.6 Å². The summed E-state index contributed by atoms with van der Waals surface area (Å²) >= 11 is 0. The molecule has 2 aliphatic rings. The van der Waals surface area contributed by atoms with Crippen molar-refractivity contribution < 1.29 is 34.1 Å². The van der Waals surface area contributed by atoms with Crippen LogP contribution < -0.4 is 14.8 Å². The molecule has 2 amide bonds. The molecule has 0 fully saturated rings. The van der Waals surface area contributed by atoms with Crippen LogP contribution in [0.5, 0.6) is 11.5 Å². The van der Waals surface area contributed by atoms with Gasteiger partial charge in [-0.3, -0.25) is 14.4 Å². The summed E-state index contributed by atoms with van der Waals surface area (Å²) in [6, 6.07) is 10.1. The molecule has 2 aromatic carbocycles.